The highest BCUT2D eigenvalue weighted by Crippen LogP contribution is 2.26. The predicted octanol–water partition coefficient (Wildman–Crippen LogP) is 3.57. The zero-order valence-electron chi connectivity index (χ0n) is 13.0. The lowest BCUT2D eigenvalue weighted by atomic mass is 10.2. The molecule has 1 aliphatic rings. The highest BCUT2D eigenvalue weighted by molar-refractivity contribution is 5.75. The van der Waals surface area contributed by atoms with Crippen molar-refractivity contribution < 1.29 is 5.11 Å². The van der Waals surface area contributed by atoms with Gasteiger partial charge in [0.2, 0.25) is 5.43 Å². The Labute approximate surface area is 140 Å². The van der Waals surface area contributed by atoms with Crippen LogP contribution in [0.2, 0.25) is 0 Å². The van der Waals surface area contributed by atoms with E-state index in [1.54, 1.807) is 24.3 Å². The average molecular weight is 318 g/mol. The van der Waals surface area contributed by atoms with E-state index in [9.17, 15) is 9.90 Å². The summed E-state index contributed by atoms with van der Waals surface area (Å²) in [7, 11) is 0. The highest BCUT2D eigenvalue weighted by atomic mass is 16.3. The lowest BCUT2D eigenvalue weighted by Gasteiger charge is -2.17. The fraction of sp³-hybridized carbons (Fsp3) is 0.0500. The molecule has 24 heavy (non-hydrogen) atoms. The van der Waals surface area contributed by atoms with Crippen LogP contribution in [0.4, 0.5) is 17.1 Å². The van der Waals surface area contributed by atoms with Crippen LogP contribution in [-0.4, -0.2) is 11.2 Å². The molecule has 1 unspecified atom stereocenters. The molecule has 3 rings (SSSR count). The first kappa shape index (κ1) is 15.8. The van der Waals surface area contributed by atoms with Gasteiger partial charge in [0.15, 0.2) is 0 Å². The Morgan fingerprint density at radius 2 is 1.42 bits per heavy atom. The van der Waals surface area contributed by atoms with E-state index in [-0.39, 0.29) is 5.43 Å². The molecule has 2 aromatic rings. The van der Waals surface area contributed by atoms with E-state index in [2.05, 4.69) is 10.6 Å². The largest absolute Gasteiger partial charge is 0.383 e. The van der Waals surface area contributed by atoms with Crippen molar-refractivity contribution in [1.29, 1.82) is 0 Å². The van der Waals surface area contributed by atoms with Gasteiger partial charge in [0.25, 0.3) is 0 Å². The van der Waals surface area contributed by atoms with Gasteiger partial charge in [-0.3, -0.25) is 4.79 Å². The predicted molar refractivity (Wildman–Crippen MR) is 98.4 cm³/mol. The number of hydrogen-bond donors (Lipinski definition) is 3. The molecule has 0 heterocycles. The average Bonchev–Trinajstić information content (AvgIpc) is 2.91. The standard InChI is InChI=1S/C20H18N2O2/c23-19-13-5-1-3-11-17(19)21-15-9-7-8-10-16(15)22-18-12-4-2-6-14-20(18)24/h1-14,19,21,23H,(H,22,24). The molecule has 0 radical (unpaired) electrons. The number of para-hydroxylation sites is 2. The third-order valence-corrected chi connectivity index (χ3v) is 3.58. The summed E-state index contributed by atoms with van der Waals surface area (Å²) in [5, 5.41) is 16.5. The lowest BCUT2D eigenvalue weighted by Crippen LogP contribution is -2.15. The fourth-order valence-corrected chi connectivity index (χ4v) is 2.35. The second kappa shape index (κ2) is 7.44. The molecule has 0 spiro atoms. The maximum absolute atomic E-state index is 12.1. The van der Waals surface area contributed by atoms with Gasteiger partial charge < -0.3 is 15.7 Å². The summed E-state index contributed by atoms with van der Waals surface area (Å²) in [6, 6.07) is 16.1. The third kappa shape index (κ3) is 3.80. The molecule has 0 fully saturated rings. The zero-order valence-corrected chi connectivity index (χ0v) is 13.0. The highest BCUT2D eigenvalue weighted by Gasteiger charge is 2.11. The first-order valence-electron chi connectivity index (χ1n) is 7.69. The summed E-state index contributed by atoms with van der Waals surface area (Å²) < 4.78 is 0. The first-order chi connectivity index (χ1) is 11.7. The number of rotatable bonds is 4. The van der Waals surface area contributed by atoms with Crippen LogP contribution >= 0.6 is 0 Å². The van der Waals surface area contributed by atoms with E-state index in [4.69, 9.17) is 0 Å². The molecule has 0 aromatic heterocycles. The number of aliphatic hydroxyl groups excluding tert-OH is 1. The van der Waals surface area contributed by atoms with Gasteiger partial charge in [0.05, 0.1) is 17.1 Å². The van der Waals surface area contributed by atoms with Crippen molar-refractivity contribution >= 4 is 17.1 Å². The molecule has 4 heteroatoms. The van der Waals surface area contributed by atoms with Crippen LogP contribution in [0.15, 0.2) is 95.5 Å². The minimum atomic E-state index is -0.711. The molecule has 0 bridgehead atoms. The molecule has 4 nitrogen and oxygen atoms in total. The number of allylic oxidation sites excluding steroid dienone is 4. The van der Waals surface area contributed by atoms with Gasteiger partial charge in [-0.05, 0) is 30.3 Å². The van der Waals surface area contributed by atoms with Crippen LogP contribution in [0, 0.1) is 0 Å². The van der Waals surface area contributed by atoms with Gasteiger partial charge in [-0.1, -0.05) is 54.6 Å². The molecule has 1 atom stereocenters. The molecule has 0 aliphatic heterocycles. The van der Waals surface area contributed by atoms with Crippen LogP contribution < -0.4 is 16.1 Å². The number of anilines is 3. The Hall–Kier alpha value is -3.11. The van der Waals surface area contributed by atoms with Crippen LogP contribution in [-0.2, 0) is 0 Å². The minimum absolute atomic E-state index is 0.0885. The van der Waals surface area contributed by atoms with Gasteiger partial charge in [0.1, 0.15) is 6.10 Å². The number of benzene rings is 1. The summed E-state index contributed by atoms with van der Waals surface area (Å²) in [6.07, 6.45) is 8.33. The molecule has 3 N–H and O–H groups in total. The molecule has 120 valence electrons. The zero-order chi connectivity index (χ0) is 16.8. The first-order valence-corrected chi connectivity index (χ1v) is 7.69. The van der Waals surface area contributed by atoms with Crippen molar-refractivity contribution in [3.05, 3.63) is 101 Å². The Kier molecular flexibility index (Phi) is 4.89. The van der Waals surface area contributed by atoms with E-state index in [0.717, 1.165) is 11.4 Å². The van der Waals surface area contributed by atoms with Crippen LogP contribution in [0.25, 0.3) is 0 Å². The van der Waals surface area contributed by atoms with E-state index < -0.39 is 6.10 Å². The molecule has 0 saturated heterocycles. The molecule has 1 aliphatic carbocycles. The van der Waals surface area contributed by atoms with E-state index in [1.165, 1.54) is 6.07 Å². The summed E-state index contributed by atoms with van der Waals surface area (Å²) in [4.78, 5) is 12.1. The van der Waals surface area contributed by atoms with Crippen LogP contribution in [0.5, 0.6) is 0 Å². The van der Waals surface area contributed by atoms with Crippen molar-refractivity contribution in [1.82, 2.24) is 0 Å². The smallest absolute Gasteiger partial charge is 0.201 e. The van der Waals surface area contributed by atoms with Gasteiger partial charge in [0, 0.05) is 5.70 Å². The minimum Gasteiger partial charge on any atom is -0.383 e. The van der Waals surface area contributed by atoms with Crippen molar-refractivity contribution in [2.75, 3.05) is 10.6 Å². The Bertz CT molecular complexity index is 869. The van der Waals surface area contributed by atoms with E-state index in [1.807, 2.05) is 54.6 Å². The SMILES string of the molecule is O=c1cccccc1Nc1ccccc1NC1=CC=CC=CC1O. The Morgan fingerprint density at radius 1 is 0.750 bits per heavy atom. The normalized spacial score (nSPS) is 16.2. The summed E-state index contributed by atoms with van der Waals surface area (Å²) >= 11 is 0. The second-order valence-electron chi connectivity index (χ2n) is 5.32. The molecular formula is C20H18N2O2. The van der Waals surface area contributed by atoms with Gasteiger partial charge in [-0.2, -0.15) is 0 Å². The summed E-state index contributed by atoms with van der Waals surface area (Å²) in [5.74, 6) is 0. The molecule has 0 saturated carbocycles. The quantitative estimate of drug-likeness (QED) is 0.806. The van der Waals surface area contributed by atoms with E-state index in [0.29, 0.717) is 11.4 Å². The summed E-state index contributed by atoms with van der Waals surface area (Å²) in [5.41, 5.74) is 2.59. The second-order valence-corrected chi connectivity index (χ2v) is 5.32. The van der Waals surface area contributed by atoms with Crippen molar-refractivity contribution in [2.45, 2.75) is 6.10 Å². The Balaban J connectivity index is 1.90. The van der Waals surface area contributed by atoms with Gasteiger partial charge in [-0.25, -0.2) is 0 Å². The van der Waals surface area contributed by atoms with Crippen molar-refractivity contribution in [3.63, 3.8) is 0 Å². The van der Waals surface area contributed by atoms with Gasteiger partial charge in [-0.15, -0.1) is 0 Å². The fourth-order valence-electron chi connectivity index (χ4n) is 2.35. The third-order valence-electron chi connectivity index (χ3n) is 3.58. The number of nitrogens with one attached hydrogen (secondary N) is 2. The monoisotopic (exact) mass is 318 g/mol. The van der Waals surface area contributed by atoms with E-state index >= 15 is 0 Å². The topological polar surface area (TPSA) is 61.4 Å². The van der Waals surface area contributed by atoms with Crippen LogP contribution in [0.3, 0.4) is 0 Å². The Morgan fingerprint density at radius 3 is 2.25 bits per heavy atom. The summed E-state index contributed by atoms with van der Waals surface area (Å²) in [6.45, 7) is 0. The number of hydrogen-bond acceptors (Lipinski definition) is 4. The van der Waals surface area contributed by atoms with Crippen molar-refractivity contribution in [3.8, 4) is 0 Å². The van der Waals surface area contributed by atoms with Crippen LogP contribution in [0.1, 0.15) is 0 Å². The maximum Gasteiger partial charge on any atom is 0.201 e. The maximum atomic E-state index is 12.1. The molecular weight excluding hydrogens is 300 g/mol. The molecule has 0 amide bonds. The molecule has 2 aromatic carbocycles. The van der Waals surface area contributed by atoms with Crippen molar-refractivity contribution in [2.24, 2.45) is 0 Å². The lowest BCUT2D eigenvalue weighted by molar-refractivity contribution is 0.260. The number of aliphatic hydroxyl groups is 1. The van der Waals surface area contributed by atoms with Gasteiger partial charge >= 0.3 is 0 Å².